The first-order valence-electron chi connectivity index (χ1n) is 10.3. The number of benzene rings is 2. The highest BCUT2D eigenvalue weighted by atomic mass is 35.5. The Kier molecular flexibility index (Phi) is 6.59. The maximum Gasteiger partial charge on any atom is 0.265 e. The number of nitrogens with zero attached hydrogens (tertiary/aromatic N) is 2. The zero-order chi connectivity index (χ0) is 21.8. The van der Waals surface area contributed by atoms with Crippen molar-refractivity contribution in [3.63, 3.8) is 0 Å². The molecule has 5 nitrogen and oxygen atoms in total. The van der Waals surface area contributed by atoms with E-state index in [-0.39, 0.29) is 11.8 Å². The predicted molar refractivity (Wildman–Crippen MR) is 127 cm³/mol. The molecule has 7 heteroatoms. The van der Waals surface area contributed by atoms with Gasteiger partial charge in [-0.25, -0.2) is 0 Å². The molecule has 1 fully saturated rings. The molecule has 31 heavy (non-hydrogen) atoms. The number of para-hydroxylation sites is 1. The van der Waals surface area contributed by atoms with Gasteiger partial charge in [0.1, 0.15) is 0 Å². The van der Waals surface area contributed by atoms with E-state index in [1.165, 1.54) is 29.9 Å². The summed E-state index contributed by atoms with van der Waals surface area (Å²) in [6.07, 6.45) is 2.40. The maximum absolute atomic E-state index is 13.1. The molecule has 0 spiro atoms. The SMILES string of the molecule is CN(Cc1ccccc1N1CCCC1)C(=O)c1ccc(Cl)c(NC(=O)c2cccs2)c1. The van der Waals surface area contributed by atoms with Crippen LogP contribution < -0.4 is 10.2 Å². The van der Waals surface area contributed by atoms with Crippen molar-refractivity contribution in [2.45, 2.75) is 19.4 Å². The topological polar surface area (TPSA) is 52.6 Å². The van der Waals surface area contributed by atoms with Crippen molar-refractivity contribution in [2.75, 3.05) is 30.4 Å². The van der Waals surface area contributed by atoms with Crippen LogP contribution in [0, 0.1) is 0 Å². The zero-order valence-electron chi connectivity index (χ0n) is 17.3. The molecule has 0 bridgehead atoms. The van der Waals surface area contributed by atoms with Crippen molar-refractivity contribution >= 4 is 46.1 Å². The highest BCUT2D eigenvalue weighted by molar-refractivity contribution is 7.12. The lowest BCUT2D eigenvalue weighted by atomic mass is 10.1. The second kappa shape index (κ2) is 9.54. The highest BCUT2D eigenvalue weighted by Crippen LogP contribution is 2.27. The molecule has 1 aromatic heterocycles. The molecule has 2 heterocycles. The van der Waals surface area contributed by atoms with Gasteiger partial charge in [0, 0.05) is 37.9 Å². The van der Waals surface area contributed by atoms with E-state index in [9.17, 15) is 9.59 Å². The molecule has 4 rings (SSSR count). The Bertz CT molecular complexity index is 1080. The molecule has 1 aliphatic heterocycles. The van der Waals surface area contributed by atoms with Crippen LogP contribution >= 0.6 is 22.9 Å². The van der Waals surface area contributed by atoms with Crippen LogP contribution in [0.15, 0.2) is 60.0 Å². The minimum absolute atomic E-state index is 0.125. The van der Waals surface area contributed by atoms with Gasteiger partial charge < -0.3 is 15.1 Å². The Morgan fingerprint density at radius 3 is 2.61 bits per heavy atom. The summed E-state index contributed by atoms with van der Waals surface area (Å²) in [5.41, 5.74) is 3.23. The number of nitrogens with one attached hydrogen (secondary N) is 1. The molecule has 0 atom stereocenters. The summed E-state index contributed by atoms with van der Waals surface area (Å²) in [5, 5.41) is 5.04. The molecule has 3 aromatic rings. The van der Waals surface area contributed by atoms with E-state index in [2.05, 4.69) is 22.3 Å². The van der Waals surface area contributed by atoms with Gasteiger partial charge in [-0.2, -0.15) is 0 Å². The Hall–Kier alpha value is -2.83. The van der Waals surface area contributed by atoms with Crippen molar-refractivity contribution in [1.29, 1.82) is 0 Å². The number of halogens is 1. The van der Waals surface area contributed by atoms with E-state index in [1.807, 2.05) is 23.6 Å². The fourth-order valence-corrected chi connectivity index (χ4v) is 4.59. The van der Waals surface area contributed by atoms with Crippen LogP contribution in [0.2, 0.25) is 5.02 Å². The van der Waals surface area contributed by atoms with E-state index in [4.69, 9.17) is 11.6 Å². The first kappa shape index (κ1) is 21.4. The van der Waals surface area contributed by atoms with Gasteiger partial charge >= 0.3 is 0 Å². The lowest BCUT2D eigenvalue weighted by Gasteiger charge is -2.24. The molecule has 0 unspecified atom stereocenters. The zero-order valence-corrected chi connectivity index (χ0v) is 18.9. The molecular weight excluding hydrogens is 430 g/mol. The number of carbonyl (C=O) groups is 2. The van der Waals surface area contributed by atoms with Crippen molar-refractivity contribution in [1.82, 2.24) is 4.90 Å². The Morgan fingerprint density at radius 1 is 1.10 bits per heavy atom. The van der Waals surface area contributed by atoms with Gasteiger partial charge in [-0.3, -0.25) is 9.59 Å². The molecule has 1 N–H and O–H groups in total. The van der Waals surface area contributed by atoms with Crippen LogP contribution in [0.1, 0.15) is 38.4 Å². The summed E-state index contributed by atoms with van der Waals surface area (Å²) in [5.74, 6) is -0.367. The molecule has 2 amide bonds. The standard InChI is InChI=1S/C24H24ClN3O2S/c1-27(16-18-7-2-3-8-21(18)28-12-4-5-13-28)24(30)17-10-11-19(25)20(15-17)26-23(29)22-9-6-14-31-22/h2-3,6-11,14-15H,4-5,12-13,16H2,1H3,(H,26,29). The molecule has 160 valence electrons. The van der Waals surface area contributed by atoms with Gasteiger partial charge in [-0.1, -0.05) is 35.9 Å². The largest absolute Gasteiger partial charge is 0.371 e. The van der Waals surface area contributed by atoms with Gasteiger partial charge in [0.15, 0.2) is 0 Å². The lowest BCUT2D eigenvalue weighted by molar-refractivity contribution is 0.0785. The van der Waals surface area contributed by atoms with Gasteiger partial charge in [0.2, 0.25) is 0 Å². The second-order valence-corrected chi connectivity index (χ2v) is 8.97. The second-order valence-electron chi connectivity index (χ2n) is 7.61. The smallest absolute Gasteiger partial charge is 0.265 e. The minimum atomic E-state index is -0.241. The molecular formula is C24H24ClN3O2S. The first-order valence-corrected chi connectivity index (χ1v) is 11.5. The van der Waals surface area contributed by atoms with Crippen LogP contribution in [-0.2, 0) is 6.54 Å². The van der Waals surface area contributed by atoms with Crippen molar-refractivity contribution in [2.24, 2.45) is 0 Å². The third-order valence-corrected chi connectivity index (χ3v) is 6.60. The van der Waals surface area contributed by atoms with E-state index < -0.39 is 0 Å². The average molecular weight is 454 g/mol. The Labute approximate surface area is 191 Å². The average Bonchev–Trinajstić information content (AvgIpc) is 3.49. The third kappa shape index (κ3) is 4.92. The predicted octanol–water partition coefficient (Wildman–Crippen LogP) is 5.53. The number of anilines is 2. The maximum atomic E-state index is 13.1. The highest BCUT2D eigenvalue weighted by Gasteiger charge is 2.19. The summed E-state index contributed by atoms with van der Waals surface area (Å²) < 4.78 is 0. The normalized spacial score (nSPS) is 13.3. The summed E-state index contributed by atoms with van der Waals surface area (Å²) in [4.78, 5) is 30.2. The van der Waals surface area contributed by atoms with E-state index in [1.54, 1.807) is 36.2 Å². The van der Waals surface area contributed by atoms with Gasteiger partial charge in [-0.05, 0) is 54.1 Å². The summed E-state index contributed by atoms with van der Waals surface area (Å²) in [7, 11) is 1.79. The van der Waals surface area contributed by atoms with Crippen LogP contribution in [0.3, 0.4) is 0 Å². The van der Waals surface area contributed by atoms with Gasteiger partial charge in [-0.15, -0.1) is 11.3 Å². The van der Waals surface area contributed by atoms with Gasteiger partial charge in [0.05, 0.1) is 15.6 Å². The first-order chi connectivity index (χ1) is 15.0. The number of thiophene rings is 1. The lowest BCUT2D eigenvalue weighted by Crippen LogP contribution is -2.28. The van der Waals surface area contributed by atoms with Crippen LogP contribution in [0.25, 0.3) is 0 Å². The minimum Gasteiger partial charge on any atom is -0.371 e. The van der Waals surface area contributed by atoms with Crippen molar-refractivity contribution in [3.8, 4) is 0 Å². The monoisotopic (exact) mass is 453 g/mol. The summed E-state index contributed by atoms with van der Waals surface area (Å²) in [6.45, 7) is 2.61. The molecule has 0 aliphatic carbocycles. The quantitative estimate of drug-likeness (QED) is 0.534. The Balaban J connectivity index is 1.50. The van der Waals surface area contributed by atoms with E-state index in [0.717, 1.165) is 18.7 Å². The molecule has 2 aromatic carbocycles. The van der Waals surface area contributed by atoms with Crippen LogP contribution in [0.5, 0.6) is 0 Å². The number of amides is 2. The van der Waals surface area contributed by atoms with Crippen LogP contribution in [0.4, 0.5) is 11.4 Å². The van der Waals surface area contributed by atoms with E-state index >= 15 is 0 Å². The van der Waals surface area contributed by atoms with Crippen LogP contribution in [-0.4, -0.2) is 36.9 Å². The third-order valence-electron chi connectivity index (χ3n) is 5.40. The summed E-state index contributed by atoms with van der Waals surface area (Å²) >= 11 is 7.62. The Morgan fingerprint density at radius 2 is 1.87 bits per heavy atom. The molecule has 0 radical (unpaired) electrons. The molecule has 1 aliphatic rings. The number of carbonyl (C=O) groups excluding carboxylic acids is 2. The van der Waals surface area contributed by atoms with Crippen molar-refractivity contribution < 1.29 is 9.59 Å². The number of hydrogen-bond acceptors (Lipinski definition) is 4. The number of hydrogen-bond donors (Lipinski definition) is 1. The van der Waals surface area contributed by atoms with E-state index in [0.29, 0.717) is 27.7 Å². The fraction of sp³-hybridized carbons (Fsp3) is 0.250. The molecule has 1 saturated heterocycles. The van der Waals surface area contributed by atoms with Crippen molar-refractivity contribution in [3.05, 3.63) is 81.0 Å². The molecule has 0 saturated carbocycles. The fourth-order valence-electron chi connectivity index (χ4n) is 3.80. The van der Waals surface area contributed by atoms with Gasteiger partial charge in [0.25, 0.3) is 11.8 Å². The number of rotatable bonds is 6. The summed E-state index contributed by atoms with van der Waals surface area (Å²) in [6, 6.07) is 16.8.